The van der Waals surface area contributed by atoms with Gasteiger partial charge in [0, 0.05) is 5.56 Å². The Morgan fingerprint density at radius 3 is 2.70 bits per heavy atom. The van der Waals surface area contributed by atoms with Crippen LogP contribution in [0.15, 0.2) is 18.2 Å². The molecule has 0 bridgehead atoms. The molecule has 0 saturated carbocycles. The van der Waals surface area contributed by atoms with Crippen LogP contribution in [-0.4, -0.2) is 23.8 Å². The third kappa shape index (κ3) is 4.18. The number of carboxylic acid groups (broad SMARTS) is 1. The second-order valence-corrected chi connectivity index (χ2v) is 4.05. The fraction of sp³-hybridized carbons (Fsp3) is 0.385. The molecule has 0 aromatic heterocycles. The van der Waals surface area contributed by atoms with Crippen LogP contribution in [-0.2, 0) is 9.53 Å². The minimum absolute atomic E-state index is 0.125. The Morgan fingerprint density at radius 2 is 2.10 bits per heavy atom. The molecule has 0 heterocycles. The number of hydrogen-bond donors (Lipinski definition) is 2. The Balaban J connectivity index is 2.82. The van der Waals surface area contributed by atoms with Crippen molar-refractivity contribution in [1.82, 2.24) is 5.32 Å². The summed E-state index contributed by atoms with van der Waals surface area (Å²) in [5.41, 5.74) is -0.468. The molecule has 1 aromatic rings. The Hall–Kier alpha value is -2.18. The Kier molecular flexibility index (Phi) is 5.89. The van der Waals surface area contributed by atoms with Crippen molar-refractivity contribution in [2.75, 3.05) is 6.61 Å². The number of carboxylic acids is 1. The standard InChI is InChI=1S/C13H15F2NO4/c1-2-3-7-20-13(19)16-11(12(17)18)8-5-4-6-9(14)10(8)15/h4-6,11H,2-3,7H2,1H3,(H,16,19)(H,17,18). The number of carbonyl (C=O) groups excluding carboxylic acids is 1. The van der Waals surface area contributed by atoms with Gasteiger partial charge in [-0.25, -0.2) is 18.4 Å². The molecule has 0 aliphatic carbocycles. The Labute approximate surface area is 114 Å². The SMILES string of the molecule is CCCCOC(=O)NC(C(=O)O)c1cccc(F)c1F. The lowest BCUT2D eigenvalue weighted by Gasteiger charge is -2.15. The number of alkyl carbamates (subject to hydrolysis) is 1. The number of hydrogen-bond acceptors (Lipinski definition) is 3. The van der Waals surface area contributed by atoms with Crippen LogP contribution < -0.4 is 5.32 Å². The van der Waals surface area contributed by atoms with Gasteiger partial charge in [0.15, 0.2) is 17.7 Å². The van der Waals surface area contributed by atoms with Gasteiger partial charge >= 0.3 is 12.1 Å². The van der Waals surface area contributed by atoms with Crippen molar-refractivity contribution in [2.24, 2.45) is 0 Å². The van der Waals surface area contributed by atoms with E-state index >= 15 is 0 Å². The van der Waals surface area contributed by atoms with Crippen molar-refractivity contribution in [3.05, 3.63) is 35.4 Å². The predicted octanol–water partition coefficient (Wildman–Crippen LogP) is 2.62. The summed E-state index contributed by atoms with van der Waals surface area (Å²) in [4.78, 5) is 22.5. The first kappa shape index (κ1) is 15.9. The molecule has 0 spiro atoms. The highest BCUT2D eigenvalue weighted by Crippen LogP contribution is 2.19. The molecular weight excluding hydrogens is 272 g/mol. The monoisotopic (exact) mass is 287 g/mol. The molecule has 1 rings (SSSR count). The lowest BCUT2D eigenvalue weighted by atomic mass is 10.1. The van der Waals surface area contributed by atoms with Gasteiger partial charge in [0.2, 0.25) is 0 Å². The van der Waals surface area contributed by atoms with Crippen LogP contribution in [0.1, 0.15) is 31.4 Å². The van der Waals surface area contributed by atoms with E-state index in [1.54, 1.807) is 0 Å². The highest BCUT2D eigenvalue weighted by atomic mass is 19.2. The molecule has 1 unspecified atom stereocenters. The number of unbranched alkanes of at least 4 members (excludes halogenated alkanes) is 1. The lowest BCUT2D eigenvalue weighted by molar-refractivity contribution is -0.139. The molecular formula is C13H15F2NO4. The van der Waals surface area contributed by atoms with E-state index in [1.807, 2.05) is 12.2 Å². The average Bonchev–Trinajstić information content (AvgIpc) is 2.40. The molecule has 20 heavy (non-hydrogen) atoms. The first-order valence-electron chi connectivity index (χ1n) is 6.07. The summed E-state index contributed by atoms with van der Waals surface area (Å²) in [7, 11) is 0. The molecule has 110 valence electrons. The zero-order chi connectivity index (χ0) is 15.1. The topological polar surface area (TPSA) is 75.6 Å². The maximum atomic E-state index is 13.5. The number of amides is 1. The van der Waals surface area contributed by atoms with Crippen LogP contribution in [0.4, 0.5) is 13.6 Å². The average molecular weight is 287 g/mol. The molecule has 1 amide bonds. The van der Waals surface area contributed by atoms with Gasteiger partial charge in [-0.15, -0.1) is 0 Å². The van der Waals surface area contributed by atoms with Crippen LogP contribution in [0.3, 0.4) is 0 Å². The summed E-state index contributed by atoms with van der Waals surface area (Å²) in [6.45, 7) is 2.02. The van der Waals surface area contributed by atoms with Gasteiger partial charge < -0.3 is 15.2 Å². The van der Waals surface area contributed by atoms with E-state index in [0.29, 0.717) is 6.42 Å². The van der Waals surface area contributed by atoms with E-state index in [0.717, 1.165) is 24.6 Å². The zero-order valence-electron chi connectivity index (χ0n) is 10.9. The summed E-state index contributed by atoms with van der Waals surface area (Å²) < 4.78 is 31.3. The molecule has 7 heteroatoms. The van der Waals surface area contributed by atoms with Crippen molar-refractivity contribution >= 4 is 12.1 Å². The summed E-state index contributed by atoms with van der Waals surface area (Å²) in [6, 6.07) is 1.40. The van der Waals surface area contributed by atoms with Crippen molar-refractivity contribution < 1.29 is 28.2 Å². The second-order valence-electron chi connectivity index (χ2n) is 4.05. The molecule has 2 N–H and O–H groups in total. The first-order valence-corrected chi connectivity index (χ1v) is 6.07. The van der Waals surface area contributed by atoms with Gasteiger partial charge in [-0.2, -0.15) is 0 Å². The number of aliphatic carboxylic acids is 1. The molecule has 0 radical (unpaired) electrons. The predicted molar refractivity (Wildman–Crippen MR) is 66.1 cm³/mol. The number of benzene rings is 1. The number of ether oxygens (including phenoxy) is 1. The van der Waals surface area contributed by atoms with E-state index in [-0.39, 0.29) is 6.61 Å². The van der Waals surface area contributed by atoms with Crippen LogP contribution in [0.2, 0.25) is 0 Å². The third-order valence-electron chi connectivity index (χ3n) is 2.53. The van der Waals surface area contributed by atoms with Crippen LogP contribution in [0.25, 0.3) is 0 Å². The normalized spacial score (nSPS) is 11.8. The third-order valence-corrected chi connectivity index (χ3v) is 2.53. The van der Waals surface area contributed by atoms with Crippen LogP contribution in [0.5, 0.6) is 0 Å². The molecule has 1 aromatic carbocycles. The number of rotatable bonds is 6. The van der Waals surface area contributed by atoms with E-state index in [9.17, 15) is 18.4 Å². The van der Waals surface area contributed by atoms with Gasteiger partial charge in [0.1, 0.15) is 0 Å². The van der Waals surface area contributed by atoms with E-state index in [4.69, 9.17) is 9.84 Å². The summed E-state index contributed by atoms with van der Waals surface area (Å²) in [5.74, 6) is -4.01. The molecule has 0 fully saturated rings. The minimum Gasteiger partial charge on any atom is -0.479 e. The van der Waals surface area contributed by atoms with Crippen molar-refractivity contribution in [3.8, 4) is 0 Å². The Morgan fingerprint density at radius 1 is 1.40 bits per heavy atom. The van der Waals surface area contributed by atoms with Gasteiger partial charge in [-0.05, 0) is 12.5 Å². The fourth-order valence-electron chi connectivity index (χ4n) is 1.48. The number of halogens is 2. The molecule has 1 atom stereocenters. The lowest BCUT2D eigenvalue weighted by Crippen LogP contribution is -2.35. The summed E-state index contributed by atoms with van der Waals surface area (Å²) >= 11 is 0. The van der Waals surface area contributed by atoms with Gasteiger partial charge in [-0.3, -0.25) is 0 Å². The van der Waals surface area contributed by atoms with Crippen molar-refractivity contribution in [2.45, 2.75) is 25.8 Å². The van der Waals surface area contributed by atoms with E-state index < -0.39 is 35.3 Å². The van der Waals surface area contributed by atoms with E-state index in [2.05, 4.69) is 0 Å². The first-order chi connectivity index (χ1) is 9.47. The highest BCUT2D eigenvalue weighted by molar-refractivity contribution is 5.81. The fourth-order valence-corrected chi connectivity index (χ4v) is 1.48. The molecule has 0 saturated heterocycles. The van der Waals surface area contributed by atoms with Crippen molar-refractivity contribution in [3.63, 3.8) is 0 Å². The molecule has 0 aliphatic rings. The number of carbonyl (C=O) groups is 2. The molecule has 5 nitrogen and oxygen atoms in total. The van der Waals surface area contributed by atoms with Gasteiger partial charge in [0.25, 0.3) is 0 Å². The van der Waals surface area contributed by atoms with Crippen molar-refractivity contribution in [1.29, 1.82) is 0 Å². The minimum atomic E-state index is -1.71. The highest BCUT2D eigenvalue weighted by Gasteiger charge is 2.27. The van der Waals surface area contributed by atoms with Gasteiger partial charge in [0.05, 0.1) is 6.61 Å². The van der Waals surface area contributed by atoms with Crippen LogP contribution >= 0.6 is 0 Å². The maximum absolute atomic E-state index is 13.5. The largest absolute Gasteiger partial charge is 0.479 e. The summed E-state index contributed by atoms with van der Waals surface area (Å²) in [5, 5.41) is 11.0. The second kappa shape index (κ2) is 7.42. The van der Waals surface area contributed by atoms with Gasteiger partial charge in [-0.1, -0.05) is 25.5 Å². The smallest absolute Gasteiger partial charge is 0.408 e. The summed E-state index contributed by atoms with van der Waals surface area (Å²) in [6.07, 6.45) is 0.433. The number of nitrogens with one attached hydrogen (secondary N) is 1. The quantitative estimate of drug-likeness (QED) is 0.789. The zero-order valence-corrected chi connectivity index (χ0v) is 10.9. The van der Waals surface area contributed by atoms with Crippen LogP contribution in [0, 0.1) is 11.6 Å². The van der Waals surface area contributed by atoms with E-state index in [1.165, 1.54) is 0 Å². The maximum Gasteiger partial charge on any atom is 0.408 e. The Bertz CT molecular complexity index is 493. The molecule has 0 aliphatic heterocycles.